The molecule has 0 aliphatic carbocycles. The fourth-order valence-corrected chi connectivity index (χ4v) is 3.90. The van der Waals surface area contributed by atoms with Gasteiger partial charge in [0.25, 0.3) is 5.91 Å². The van der Waals surface area contributed by atoms with Gasteiger partial charge in [-0.05, 0) is 43.7 Å². The molecular weight excluding hydrogens is 423 g/mol. The van der Waals surface area contributed by atoms with Crippen LogP contribution in [-0.2, 0) is 19.6 Å². The first kappa shape index (κ1) is 21.9. The largest absolute Gasteiger partial charge is 0.493 e. The molecule has 4 rings (SSSR count). The topological polar surface area (TPSA) is 76.0 Å². The highest BCUT2D eigenvalue weighted by Crippen LogP contribution is 2.30. The van der Waals surface area contributed by atoms with Crippen molar-refractivity contribution in [3.05, 3.63) is 64.7 Å². The Kier molecular flexibility index (Phi) is 5.94. The molecule has 1 N–H and O–H groups in total. The molecule has 0 bridgehead atoms. The third kappa shape index (κ3) is 4.79. The lowest BCUT2D eigenvalue weighted by atomic mass is 10.0. The minimum Gasteiger partial charge on any atom is -0.493 e. The van der Waals surface area contributed by atoms with Gasteiger partial charge >= 0.3 is 6.18 Å². The molecule has 1 aliphatic rings. The molecule has 1 aliphatic heterocycles. The van der Waals surface area contributed by atoms with Crippen molar-refractivity contribution in [2.45, 2.75) is 31.9 Å². The highest BCUT2D eigenvalue weighted by atomic mass is 19.4. The molecule has 0 radical (unpaired) electrons. The average molecular weight is 447 g/mol. The number of likely N-dealkylation sites (tertiary alicyclic amines) is 1. The van der Waals surface area contributed by atoms with E-state index in [1.807, 2.05) is 17.9 Å². The molecule has 1 atom stereocenters. The maximum absolute atomic E-state index is 12.8. The standard InChI is InChI=1S/C22H24F3N5O2/c1-14-19(13-29(2)28-14)21(31)30-9-7-15(12-30)20-11-17(26-27-20)8-10-32-18-5-3-16(4-6-18)22(23,24)25/h3-6,11,13,15H,7-10,12H2,1-2H3,(H,26,27)/t15-/m1/s1. The first-order valence-corrected chi connectivity index (χ1v) is 10.3. The van der Waals surface area contributed by atoms with Crippen molar-refractivity contribution < 1.29 is 22.7 Å². The van der Waals surface area contributed by atoms with Crippen LogP contribution in [0.3, 0.4) is 0 Å². The van der Waals surface area contributed by atoms with Crippen LogP contribution in [0.4, 0.5) is 13.2 Å². The summed E-state index contributed by atoms with van der Waals surface area (Å²) in [5, 5.41) is 11.6. The number of carbonyl (C=O) groups excluding carboxylic acids is 1. The van der Waals surface area contributed by atoms with E-state index in [4.69, 9.17) is 4.74 Å². The zero-order valence-corrected chi connectivity index (χ0v) is 17.8. The van der Waals surface area contributed by atoms with Crippen molar-refractivity contribution in [3.8, 4) is 5.75 Å². The number of aromatic amines is 1. The second-order valence-corrected chi connectivity index (χ2v) is 7.98. The normalized spacial score (nSPS) is 16.5. The molecule has 7 nitrogen and oxygen atoms in total. The number of rotatable bonds is 6. The summed E-state index contributed by atoms with van der Waals surface area (Å²) in [6.07, 6.45) is -1.24. The van der Waals surface area contributed by atoms with Crippen LogP contribution in [0.15, 0.2) is 36.5 Å². The van der Waals surface area contributed by atoms with Crippen LogP contribution in [-0.4, -0.2) is 50.5 Å². The summed E-state index contributed by atoms with van der Waals surface area (Å²) in [6.45, 7) is 3.40. The number of nitrogens with one attached hydrogen (secondary N) is 1. The number of aromatic nitrogens is 4. The smallest absolute Gasteiger partial charge is 0.416 e. The van der Waals surface area contributed by atoms with Gasteiger partial charge in [0.05, 0.1) is 29.1 Å². The van der Waals surface area contributed by atoms with Crippen molar-refractivity contribution in [1.82, 2.24) is 24.9 Å². The summed E-state index contributed by atoms with van der Waals surface area (Å²) < 4.78 is 45.0. The number of alkyl halides is 3. The highest BCUT2D eigenvalue weighted by Gasteiger charge is 2.31. The molecule has 0 spiro atoms. The first-order valence-electron chi connectivity index (χ1n) is 10.3. The van der Waals surface area contributed by atoms with Gasteiger partial charge in [0.2, 0.25) is 0 Å². The number of halogens is 3. The van der Waals surface area contributed by atoms with Gasteiger partial charge in [-0.1, -0.05) is 0 Å². The van der Waals surface area contributed by atoms with Crippen LogP contribution in [0.25, 0.3) is 0 Å². The van der Waals surface area contributed by atoms with Gasteiger partial charge in [-0.3, -0.25) is 14.6 Å². The molecular formula is C22H24F3N5O2. The Hall–Kier alpha value is -3.30. The summed E-state index contributed by atoms with van der Waals surface area (Å²) in [7, 11) is 1.79. The fourth-order valence-electron chi connectivity index (χ4n) is 3.90. The Labute approximate surface area is 183 Å². The number of carbonyl (C=O) groups is 1. The van der Waals surface area contributed by atoms with E-state index in [2.05, 4.69) is 15.3 Å². The van der Waals surface area contributed by atoms with E-state index < -0.39 is 11.7 Å². The maximum atomic E-state index is 12.8. The fraction of sp³-hybridized carbons (Fsp3) is 0.409. The summed E-state index contributed by atoms with van der Waals surface area (Å²) in [6, 6.07) is 6.60. The Bertz CT molecular complexity index is 1090. The number of nitrogens with zero attached hydrogens (tertiary/aromatic N) is 4. The number of benzene rings is 1. The molecule has 0 saturated carbocycles. The predicted molar refractivity (Wildman–Crippen MR) is 110 cm³/mol. The number of hydrogen-bond donors (Lipinski definition) is 1. The monoisotopic (exact) mass is 447 g/mol. The van der Waals surface area contributed by atoms with Gasteiger partial charge < -0.3 is 9.64 Å². The minimum absolute atomic E-state index is 0.0150. The van der Waals surface area contributed by atoms with Crippen molar-refractivity contribution in [3.63, 3.8) is 0 Å². The zero-order valence-electron chi connectivity index (χ0n) is 17.8. The van der Waals surface area contributed by atoms with Crippen molar-refractivity contribution >= 4 is 5.91 Å². The molecule has 170 valence electrons. The molecule has 2 aromatic heterocycles. The SMILES string of the molecule is Cc1nn(C)cc1C(=O)N1CC[C@@H](c2cc(CCOc3ccc(C(F)(F)F)cc3)[nH]n2)C1. The van der Waals surface area contributed by atoms with Crippen molar-refractivity contribution in [2.24, 2.45) is 7.05 Å². The van der Waals surface area contributed by atoms with E-state index in [1.165, 1.54) is 12.1 Å². The van der Waals surface area contributed by atoms with Crippen LogP contribution in [0.5, 0.6) is 5.75 Å². The third-order valence-electron chi connectivity index (χ3n) is 5.61. The first-order chi connectivity index (χ1) is 15.2. The Morgan fingerprint density at radius 1 is 1.28 bits per heavy atom. The van der Waals surface area contributed by atoms with Gasteiger partial charge in [-0.2, -0.15) is 23.4 Å². The molecule has 1 aromatic carbocycles. The van der Waals surface area contributed by atoms with E-state index in [0.717, 1.165) is 35.6 Å². The maximum Gasteiger partial charge on any atom is 0.416 e. The van der Waals surface area contributed by atoms with Crippen molar-refractivity contribution in [2.75, 3.05) is 19.7 Å². The number of ether oxygens (including phenoxy) is 1. The molecule has 3 aromatic rings. The lowest BCUT2D eigenvalue weighted by Gasteiger charge is -2.15. The lowest BCUT2D eigenvalue weighted by Crippen LogP contribution is -2.28. The van der Waals surface area contributed by atoms with Crippen LogP contribution >= 0.6 is 0 Å². The quantitative estimate of drug-likeness (QED) is 0.625. The van der Waals surface area contributed by atoms with E-state index in [-0.39, 0.29) is 11.8 Å². The van der Waals surface area contributed by atoms with Crippen molar-refractivity contribution in [1.29, 1.82) is 0 Å². The average Bonchev–Trinajstić information content (AvgIpc) is 3.47. The summed E-state index contributed by atoms with van der Waals surface area (Å²) >= 11 is 0. The van der Waals surface area contributed by atoms with Crippen LogP contribution in [0.1, 0.15) is 45.3 Å². The zero-order chi connectivity index (χ0) is 22.9. The van der Waals surface area contributed by atoms with E-state index in [0.29, 0.717) is 37.4 Å². The lowest BCUT2D eigenvalue weighted by molar-refractivity contribution is -0.137. The second-order valence-electron chi connectivity index (χ2n) is 7.98. The van der Waals surface area contributed by atoms with E-state index in [1.54, 1.807) is 17.9 Å². The predicted octanol–water partition coefficient (Wildman–Crippen LogP) is 3.72. The summed E-state index contributed by atoms with van der Waals surface area (Å²) in [5.74, 6) is 0.518. The van der Waals surface area contributed by atoms with Gasteiger partial charge in [0.15, 0.2) is 0 Å². The summed E-state index contributed by atoms with van der Waals surface area (Å²) in [5.41, 5.74) is 2.41. The molecule has 10 heteroatoms. The molecule has 0 unspecified atom stereocenters. The Morgan fingerprint density at radius 2 is 2.03 bits per heavy atom. The van der Waals surface area contributed by atoms with Gasteiger partial charge in [-0.15, -0.1) is 0 Å². The molecule has 1 fully saturated rings. The number of aryl methyl sites for hydroxylation is 2. The van der Waals surface area contributed by atoms with E-state index >= 15 is 0 Å². The molecule has 3 heterocycles. The number of hydrogen-bond acceptors (Lipinski definition) is 4. The van der Waals surface area contributed by atoms with Crippen LogP contribution in [0.2, 0.25) is 0 Å². The summed E-state index contributed by atoms with van der Waals surface area (Å²) in [4.78, 5) is 14.6. The van der Waals surface area contributed by atoms with Gasteiger partial charge in [0.1, 0.15) is 5.75 Å². The Morgan fingerprint density at radius 3 is 2.69 bits per heavy atom. The number of amides is 1. The molecule has 1 saturated heterocycles. The van der Waals surface area contributed by atoms with Crippen LogP contribution in [0, 0.1) is 6.92 Å². The second kappa shape index (κ2) is 8.68. The molecule has 32 heavy (non-hydrogen) atoms. The third-order valence-corrected chi connectivity index (χ3v) is 5.61. The van der Waals surface area contributed by atoms with Crippen LogP contribution < -0.4 is 4.74 Å². The minimum atomic E-state index is -4.36. The van der Waals surface area contributed by atoms with E-state index in [9.17, 15) is 18.0 Å². The molecule has 1 amide bonds. The number of H-pyrrole nitrogens is 1. The van der Waals surface area contributed by atoms with Gasteiger partial charge in [0, 0.05) is 44.4 Å². The van der Waals surface area contributed by atoms with Gasteiger partial charge in [-0.25, -0.2) is 0 Å². The Balaban J connectivity index is 1.29. The highest BCUT2D eigenvalue weighted by molar-refractivity contribution is 5.95.